The van der Waals surface area contributed by atoms with Gasteiger partial charge in [-0.1, -0.05) is 38.1 Å². The monoisotopic (exact) mass is 387 g/mol. The zero-order chi connectivity index (χ0) is 19.6. The molecule has 0 spiro atoms. The molecule has 0 saturated carbocycles. The van der Waals surface area contributed by atoms with Gasteiger partial charge in [-0.05, 0) is 36.3 Å². The number of nitrogens with zero attached hydrogens (tertiary/aromatic N) is 2. The van der Waals surface area contributed by atoms with Crippen LogP contribution in [0.5, 0.6) is 0 Å². The number of nitro groups is 1. The van der Waals surface area contributed by atoms with Crippen molar-refractivity contribution in [2.75, 3.05) is 18.8 Å². The van der Waals surface area contributed by atoms with Gasteiger partial charge >= 0.3 is 0 Å². The van der Waals surface area contributed by atoms with Crippen molar-refractivity contribution < 1.29 is 9.72 Å². The number of nitro benzene ring substituents is 1. The van der Waals surface area contributed by atoms with Crippen molar-refractivity contribution in [2.24, 2.45) is 0 Å². The number of hydrogen-bond acceptors (Lipinski definition) is 5. The van der Waals surface area contributed by atoms with Crippen LogP contribution >= 0.6 is 11.8 Å². The fourth-order valence-electron chi connectivity index (χ4n) is 2.63. The lowest BCUT2D eigenvalue weighted by molar-refractivity contribution is -0.384. The van der Waals surface area contributed by atoms with Crippen LogP contribution in [0.4, 0.5) is 5.69 Å². The van der Waals surface area contributed by atoms with Crippen molar-refractivity contribution in [3.63, 3.8) is 0 Å². The molecule has 0 aliphatic heterocycles. The van der Waals surface area contributed by atoms with E-state index in [-0.39, 0.29) is 17.3 Å². The van der Waals surface area contributed by atoms with Crippen molar-refractivity contribution in [3.05, 3.63) is 69.8 Å². The standard InChI is InChI=1S/C20H25N3O3S/c1-3-22(4-2)14-17-8-6-5-7-16(17)13-21-20(24)15-27-19-11-9-18(10-12-19)23(25)26/h5-12H,3-4,13-15H2,1-2H3,(H,21,24). The van der Waals surface area contributed by atoms with Crippen LogP contribution in [0.2, 0.25) is 0 Å². The quantitative estimate of drug-likeness (QED) is 0.381. The lowest BCUT2D eigenvalue weighted by atomic mass is 10.1. The third-order valence-electron chi connectivity index (χ3n) is 4.30. The molecule has 0 bridgehead atoms. The number of benzene rings is 2. The predicted octanol–water partition coefficient (Wildman–Crippen LogP) is 3.85. The van der Waals surface area contributed by atoms with Crippen molar-refractivity contribution >= 4 is 23.4 Å². The van der Waals surface area contributed by atoms with Gasteiger partial charge in [0.15, 0.2) is 0 Å². The molecular formula is C20H25N3O3S. The van der Waals surface area contributed by atoms with Crippen LogP contribution < -0.4 is 5.32 Å². The first-order chi connectivity index (χ1) is 13.0. The summed E-state index contributed by atoms with van der Waals surface area (Å²) in [5.74, 6) is 0.215. The molecule has 144 valence electrons. The maximum absolute atomic E-state index is 12.2. The van der Waals surface area contributed by atoms with E-state index < -0.39 is 4.92 Å². The number of amides is 1. The Labute approximate surface area is 164 Å². The summed E-state index contributed by atoms with van der Waals surface area (Å²) in [5.41, 5.74) is 2.40. The van der Waals surface area contributed by atoms with Crippen LogP contribution in [0.3, 0.4) is 0 Å². The smallest absolute Gasteiger partial charge is 0.269 e. The van der Waals surface area contributed by atoms with Crippen molar-refractivity contribution in [2.45, 2.75) is 31.8 Å². The molecule has 0 unspecified atom stereocenters. The van der Waals surface area contributed by atoms with Gasteiger partial charge in [-0.25, -0.2) is 0 Å². The maximum Gasteiger partial charge on any atom is 0.269 e. The van der Waals surface area contributed by atoms with E-state index in [4.69, 9.17) is 0 Å². The van der Waals surface area contributed by atoms with Crippen molar-refractivity contribution in [3.8, 4) is 0 Å². The summed E-state index contributed by atoms with van der Waals surface area (Å²) in [6.07, 6.45) is 0. The Bertz CT molecular complexity index is 761. The van der Waals surface area contributed by atoms with E-state index in [2.05, 4.69) is 30.1 Å². The summed E-state index contributed by atoms with van der Waals surface area (Å²) in [7, 11) is 0. The van der Waals surface area contributed by atoms with Crippen LogP contribution in [-0.4, -0.2) is 34.6 Å². The topological polar surface area (TPSA) is 75.5 Å². The molecule has 0 aliphatic carbocycles. The summed E-state index contributed by atoms with van der Waals surface area (Å²) in [6, 6.07) is 14.4. The maximum atomic E-state index is 12.2. The Morgan fingerprint density at radius 2 is 1.70 bits per heavy atom. The van der Waals surface area contributed by atoms with E-state index in [0.717, 1.165) is 30.1 Å². The second-order valence-corrected chi connectivity index (χ2v) is 7.10. The first-order valence-electron chi connectivity index (χ1n) is 8.96. The zero-order valence-corrected chi connectivity index (χ0v) is 16.5. The Hall–Kier alpha value is -2.38. The highest BCUT2D eigenvalue weighted by atomic mass is 32.2. The Morgan fingerprint density at radius 1 is 1.07 bits per heavy atom. The predicted molar refractivity (Wildman–Crippen MR) is 109 cm³/mol. The van der Waals surface area contributed by atoms with Crippen molar-refractivity contribution in [1.82, 2.24) is 10.2 Å². The van der Waals surface area contributed by atoms with E-state index in [0.29, 0.717) is 6.54 Å². The largest absolute Gasteiger partial charge is 0.351 e. The third-order valence-corrected chi connectivity index (χ3v) is 5.31. The zero-order valence-electron chi connectivity index (χ0n) is 15.7. The normalized spacial score (nSPS) is 10.8. The average Bonchev–Trinajstić information content (AvgIpc) is 2.69. The molecule has 0 saturated heterocycles. The van der Waals surface area contributed by atoms with Gasteiger partial charge in [0, 0.05) is 30.1 Å². The third kappa shape index (κ3) is 6.69. The number of nitrogens with one attached hydrogen (secondary N) is 1. The number of thioether (sulfide) groups is 1. The molecule has 27 heavy (non-hydrogen) atoms. The fraction of sp³-hybridized carbons (Fsp3) is 0.350. The van der Waals surface area contributed by atoms with Crippen LogP contribution in [0.25, 0.3) is 0 Å². The van der Waals surface area contributed by atoms with Crippen LogP contribution in [0.15, 0.2) is 53.4 Å². The summed E-state index contributed by atoms with van der Waals surface area (Å²) in [5, 5.41) is 13.6. The van der Waals surface area contributed by atoms with E-state index in [9.17, 15) is 14.9 Å². The molecule has 2 aromatic rings. The van der Waals surface area contributed by atoms with Gasteiger partial charge in [-0.2, -0.15) is 0 Å². The molecule has 0 heterocycles. The van der Waals surface area contributed by atoms with E-state index in [1.54, 1.807) is 12.1 Å². The second kappa shape index (κ2) is 10.7. The first kappa shape index (κ1) is 20.9. The molecule has 0 atom stereocenters. The number of non-ortho nitro benzene ring substituents is 1. The highest BCUT2D eigenvalue weighted by Crippen LogP contribution is 2.21. The van der Waals surface area contributed by atoms with Gasteiger partial charge in [-0.3, -0.25) is 19.8 Å². The van der Waals surface area contributed by atoms with E-state index >= 15 is 0 Å². The van der Waals surface area contributed by atoms with Gasteiger partial charge in [0.05, 0.1) is 10.7 Å². The number of carbonyl (C=O) groups excluding carboxylic acids is 1. The van der Waals surface area contributed by atoms with Gasteiger partial charge < -0.3 is 5.32 Å². The molecule has 0 aliphatic rings. The molecule has 0 fully saturated rings. The van der Waals surface area contributed by atoms with Gasteiger partial charge in [0.2, 0.25) is 5.91 Å². The number of hydrogen-bond donors (Lipinski definition) is 1. The average molecular weight is 388 g/mol. The fourth-order valence-corrected chi connectivity index (χ4v) is 3.36. The molecular weight excluding hydrogens is 362 g/mol. The molecule has 0 aromatic heterocycles. The SMILES string of the molecule is CCN(CC)Cc1ccccc1CNC(=O)CSc1ccc([N+](=O)[O-])cc1. The summed E-state index contributed by atoms with van der Waals surface area (Å²) >= 11 is 1.36. The first-order valence-corrected chi connectivity index (χ1v) is 9.95. The van der Waals surface area contributed by atoms with Gasteiger partial charge in [0.25, 0.3) is 5.69 Å². The van der Waals surface area contributed by atoms with E-state index in [1.165, 1.54) is 29.5 Å². The van der Waals surface area contributed by atoms with Gasteiger partial charge in [0.1, 0.15) is 0 Å². The molecule has 0 radical (unpaired) electrons. The highest BCUT2D eigenvalue weighted by Gasteiger charge is 2.09. The summed E-state index contributed by atoms with van der Waals surface area (Å²) in [6.45, 7) is 7.63. The van der Waals surface area contributed by atoms with Crippen LogP contribution in [0.1, 0.15) is 25.0 Å². The lowest BCUT2D eigenvalue weighted by Gasteiger charge is -2.20. The van der Waals surface area contributed by atoms with Crippen LogP contribution in [0, 0.1) is 10.1 Å². The van der Waals surface area contributed by atoms with Crippen molar-refractivity contribution in [1.29, 1.82) is 0 Å². The Morgan fingerprint density at radius 3 is 2.30 bits per heavy atom. The minimum atomic E-state index is -0.434. The molecule has 2 aromatic carbocycles. The molecule has 1 amide bonds. The highest BCUT2D eigenvalue weighted by molar-refractivity contribution is 8.00. The molecule has 6 nitrogen and oxygen atoms in total. The summed E-state index contributed by atoms with van der Waals surface area (Å²) < 4.78 is 0. The van der Waals surface area contributed by atoms with E-state index in [1.807, 2.05) is 18.2 Å². The van der Waals surface area contributed by atoms with Crippen LogP contribution in [-0.2, 0) is 17.9 Å². The Balaban J connectivity index is 1.85. The minimum absolute atomic E-state index is 0.0496. The summed E-state index contributed by atoms with van der Waals surface area (Å²) in [4.78, 5) is 25.6. The number of rotatable bonds is 10. The molecule has 2 rings (SSSR count). The molecule has 1 N–H and O–H groups in total. The van der Waals surface area contributed by atoms with Gasteiger partial charge in [-0.15, -0.1) is 11.8 Å². The lowest BCUT2D eigenvalue weighted by Crippen LogP contribution is -2.27. The number of carbonyl (C=O) groups is 1. The minimum Gasteiger partial charge on any atom is -0.351 e. The molecule has 7 heteroatoms. The second-order valence-electron chi connectivity index (χ2n) is 6.05. The Kier molecular flexibility index (Phi) is 8.29.